The molecule has 0 bridgehead atoms. The van der Waals surface area contributed by atoms with Gasteiger partial charge in [-0.2, -0.15) is 0 Å². The standard InChI is InChI=1S/C12H16BPS/c1-10-6-11(8-12(13)7-10)9-15-14-4-2-3-5-14/h6-8H,2-5,9H2,1H3. The maximum Gasteiger partial charge on any atom is 0.113 e. The molecule has 2 radical (unpaired) electrons. The van der Waals surface area contributed by atoms with Crippen molar-refractivity contribution in [1.29, 1.82) is 0 Å². The van der Waals surface area contributed by atoms with Gasteiger partial charge in [-0.25, -0.2) is 0 Å². The van der Waals surface area contributed by atoms with Gasteiger partial charge in [0.15, 0.2) is 0 Å². The summed E-state index contributed by atoms with van der Waals surface area (Å²) in [6, 6.07) is 6.41. The number of rotatable bonds is 3. The van der Waals surface area contributed by atoms with E-state index in [0.717, 1.165) is 11.2 Å². The Hall–Kier alpha value is 0.0649. The predicted molar refractivity (Wildman–Crippen MR) is 73.8 cm³/mol. The molecule has 1 aliphatic rings. The Kier molecular flexibility index (Phi) is 4.17. The molecule has 78 valence electrons. The quantitative estimate of drug-likeness (QED) is 0.571. The number of hydrogen-bond donors (Lipinski definition) is 0. The van der Waals surface area contributed by atoms with Crippen LogP contribution in [-0.4, -0.2) is 20.2 Å². The largest absolute Gasteiger partial charge is 0.129 e. The van der Waals surface area contributed by atoms with Crippen LogP contribution >= 0.6 is 18.5 Å². The summed E-state index contributed by atoms with van der Waals surface area (Å²) in [6.45, 7) is 2.12. The van der Waals surface area contributed by atoms with Crippen LogP contribution in [0.25, 0.3) is 0 Å². The molecule has 15 heavy (non-hydrogen) atoms. The van der Waals surface area contributed by atoms with Crippen LogP contribution in [0.2, 0.25) is 0 Å². The predicted octanol–water partition coefficient (Wildman–Crippen LogP) is 3.21. The third-order valence-electron chi connectivity index (χ3n) is 2.64. The van der Waals surface area contributed by atoms with Gasteiger partial charge in [-0.3, -0.25) is 0 Å². The van der Waals surface area contributed by atoms with Gasteiger partial charge < -0.3 is 0 Å². The smallest absolute Gasteiger partial charge is 0.113 e. The van der Waals surface area contributed by atoms with Crippen molar-refractivity contribution >= 4 is 31.8 Å². The molecule has 0 amide bonds. The van der Waals surface area contributed by atoms with Crippen LogP contribution < -0.4 is 5.46 Å². The molecule has 0 unspecified atom stereocenters. The van der Waals surface area contributed by atoms with Crippen molar-refractivity contribution in [3.05, 3.63) is 29.3 Å². The van der Waals surface area contributed by atoms with Gasteiger partial charge in [0.2, 0.25) is 0 Å². The van der Waals surface area contributed by atoms with Crippen LogP contribution in [0.3, 0.4) is 0 Å². The van der Waals surface area contributed by atoms with Crippen molar-refractivity contribution in [3.63, 3.8) is 0 Å². The van der Waals surface area contributed by atoms with Gasteiger partial charge in [0.05, 0.1) is 0 Å². The normalized spacial score (nSPS) is 17.1. The van der Waals surface area contributed by atoms with E-state index in [9.17, 15) is 0 Å². The molecule has 0 atom stereocenters. The Morgan fingerprint density at radius 1 is 1.27 bits per heavy atom. The number of aryl methyl sites for hydroxylation is 1. The number of benzene rings is 1. The molecule has 2 rings (SSSR count). The van der Waals surface area contributed by atoms with Gasteiger partial charge in [-0.1, -0.05) is 29.2 Å². The zero-order valence-corrected chi connectivity index (χ0v) is 10.9. The second-order valence-electron chi connectivity index (χ2n) is 4.16. The van der Waals surface area contributed by atoms with Gasteiger partial charge >= 0.3 is 0 Å². The van der Waals surface area contributed by atoms with Crippen LogP contribution in [0.5, 0.6) is 0 Å². The summed E-state index contributed by atoms with van der Waals surface area (Å²) in [5.74, 6) is 1.15. The lowest BCUT2D eigenvalue weighted by atomic mass is 9.93. The average molecular weight is 234 g/mol. The van der Waals surface area contributed by atoms with E-state index in [2.05, 4.69) is 30.4 Å². The fourth-order valence-electron chi connectivity index (χ4n) is 1.96. The Labute approximate surface area is 99.1 Å². The SMILES string of the molecule is [B]c1cc(C)cc(CSP2CCCC2)c1. The lowest BCUT2D eigenvalue weighted by Gasteiger charge is -2.10. The van der Waals surface area contributed by atoms with Crippen molar-refractivity contribution in [3.8, 4) is 0 Å². The first-order chi connectivity index (χ1) is 7.24. The average Bonchev–Trinajstić information content (AvgIpc) is 2.65. The Morgan fingerprint density at radius 2 is 2.00 bits per heavy atom. The molecule has 3 heteroatoms. The molecule has 1 saturated heterocycles. The van der Waals surface area contributed by atoms with E-state index in [1.807, 2.05) is 6.07 Å². The molecule has 1 aromatic rings. The second kappa shape index (κ2) is 5.41. The zero-order valence-electron chi connectivity index (χ0n) is 9.20. The van der Waals surface area contributed by atoms with Gasteiger partial charge in [0, 0.05) is 5.75 Å². The monoisotopic (exact) mass is 234 g/mol. The summed E-state index contributed by atoms with van der Waals surface area (Å²) >= 11 is 2.16. The number of hydrogen-bond acceptors (Lipinski definition) is 1. The highest BCUT2D eigenvalue weighted by molar-refractivity contribution is 8.55. The van der Waals surface area contributed by atoms with Crippen molar-refractivity contribution in [2.75, 3.05) is 12.3 Å². The van der Waals surface area contributed by atoms with E-state index in [-0.39, 0.29) is 7.12 Å². The molecule has 0 spiro atoms. The molecule has 0 nitrogen and oxygen atoms in total. The van der Waals surface area contributed by atoms with E-state index < -0.39 is 0 Å². The molecule has 1 aromatic carbocycles. The van der Waals surface area contributed by atoms with Gasteiger partial charge in [-0.05, 0) is 44.8 Å². The van der Waals surface area contributed by atoms with Crippen LogP contribution in [0.15, 0.2) is 18.2 Å². The highest BCUT2D eigenvalue weighted by atomic mass is 32.7. The minimum absolute atomic E-state index is 0.288. The third kappa shape index (κ3) is 3.54. The summed E-state index contributed by atoms with van der Waals surface area (Å²) in [5, 5.41) is 0. The minimum Gasteiger partial charge on any atom is -0.129 e. The summed E-state index contributed by atoms with van der Waals surface area (Å²) in [5.41, 5.74) is 3.58. The molecular formula is C12H16BPS. The zero-order chi connectivity index (χ0) is 10.7. The molecule has 0 saturated carbocycles. The van der Waals surface area contributed by atoms with Crippen molar-refractivity contribution in [1.82, 2.24) is 0 Å². The summed E-state index contributed by atoms with van der Waals surface area (Å²) < 4.78 is 0. The van der Waals surface area contributed by atoms with E-state index in [0.29, 0.717) is 0 Å². The van der Waals surface area contributed by atoms with Crippen molar-refractivity contribution < 1.29 is 0 Å². The van der Waals surface area contributed by atoms with E-state index in [1.54, 1.807) is 0 Å². The van der Waals surface area contributed by atoms with Gasteiger partial charge in [0.25, 0.3) is 0 Å². The summed E-state index contributed by atoms with van der Waals surface area (Å²) in [4.78, 5) is 0. The lowest BCUT2D eigenvalue weighted by molar-refractivity contribution is 0.949. The first kappa shape index (κ1) is 11.5. The highest BCUT2D eigenvalue weighted by Gasteiger charge is 2.14. The van der Waals surface area contributed by atoms with Crippen LogP contribution in [-0.2, 0) is 5.75 Å². The van der Waals surface area contributed by atoms with E-state index in [4.69, 9.17) is 7.85 Å². The third-order valence-corrected chi connectivity index (χ3v) is 7.67. The maximum atomic E-state index is 5.84. The lowest BCUT2D eigenvalue weighted by Crippen LogP contribution is -2.03. The minimum atomic E-state index is 0.288. The summed E-state index contributed by atoms with van der Waals surface area (Å²) in [7, 11) is 6.13. The second-order valence-corrected chi connectivity index (χ2v) is 8.89. The van der Waals surface area contributed by atoms with Crippen LogP contribution in [0, 0.1) is 6.92 Å². The van der Waals surface area contributed by atoms with Crippen molar-refractivity contribution in [2.45, 2.75) is 25.5 Å². The van der Waals surface area contributed by atoms with Crippen molar-refractivity contribution in [2.24, 2.45) is 0 Å². The fraction of sp³-hybridized carbons (Fsp3) is 0.500. The topological polar surface area (TPSA) is 0 Å². The van der Waals surface area contributed by atoms with Gasteiger partial charge in [0.1, 0.15) is 7.85 Å². The Balaban J connectivity index is 1.92. The molecule has 0 N–H and O–H groups in total. The molecule has 0 aromatic heterocycles. The van der Waals surface area contributed by atoms with Crippen LogP contribution in [0.4, 0.5) is 0 Å². The first-order valence-corrected chi connectivity index (χ1v) is 8.78. The highest BCUT2D eigenvalue weighted by Crippen LogP contribution is 2.55. The van der Waals surface area contributed by atoms with E-state index in [1.165, 1.54) is 36.3 Å². The summed E-state index contributed by atoms with van der Waals surface area (Å²) in [6.07, 6.45) is 5.85. The van der Waals surface area contributed by atoms with Crippen LogP contribution in [0.1, 0.15) is 24.0 Å². The molecule has 1 heterocycles. The fourth-order valence-corrected chi connectivity index (χ4v) is 6.64. The molecule has 1 fully saturated rings. The van der Waals surface area contributed by atoms with E-state index >= 15 is 0 Å². The molecule has 1 aliphatic heterocycles. The first-order valence-electron chi connectivity index (χ1n) is 5.48. The Bertz CT molecular complexity index is 314. The maximum absolute atomic E-state index is 5.84. The van der Waals surface area contributed by atoms with Gasteiger partial charge in [-0.15, -0.1) is 11.4 Å². The molecule has 0 aliphatic carbocycles. The Morgan fingerprint density at radius 3 is 2.67 bits per heavy atom. The molecular weight excluding hydrogens is 218 g/mol.